The minimum atomic E-state index is -1.26. The van der Waals surface area contributed by atoms with Crippen LogP contribution in [0.5, 0.6) is 0 Å². The molecule has 7 heteroatoms. The zero-order chi connectivity index (χ0) is 20.1. The van der Waals surface area contributed by atoms with Crippen molar-refractivity contribution in [3.8, 4) is 0 Å². The van der Waals surface area contributed by atoms with E-state index in [1.165, 1.54) is 37.8 Å². The summed E-state index contributed by atoms with van der Waals surface area (Å²) in [6.07, 6.45) is 6.16. The second-order valence-electron chi connectivity index (χ2n) is 6.41. The third-order valence-electron chi connectivity index (χ3n) is 4.32. The molecule has 1 saturated heterocycles. The highest BCUT2D eigenvalue weighted by Crippen LogP contribution is 2.21. The van der Waals surface area contributed by atoms with E-state index in [9.17, 15) is 9.59 Å². The summed E-state index contributed by atoms with van der Waals surface area (Å²) in [5.74, 6) is -2.51. The lowest BCUT2D eigenvalue weighted by atomic mass is 10.0. The number of carboxylic acid groups (broad SMARTS) is 2. The van der Waals surface area contributed by atoms with Gasteiger partial charge in [-0.2, -0.15) is 0 Å². The quantitative estimate of drug-likeness (QED) is 0.583. The molecule has 0 unspecified atom stereocenters. The maximum absolute atomic E-state index is 9.55. The van der Waals surface area contributed by atoms with Crippen molar-refractivity contribution in [2.24, 2.45) is 0 Å². The molecule has 2 rings (SSSR count). The average Bonchev–Trinajstić information content (AvgIpc) is 2.66. The van der Waals surface area contributed by atoms with Crippen molar-refractivity contribution in [1.82, 2.24) is 10.2 Å². The van der Waals surface area contributed by atoms with Crippen LogP contribution in [-0.4, -0.2) is 52.7 Å². The Labute approximate surface area is 165 Å². The van der Waals surface area contributed by atoms with Crippen LogP contribution < -0.4 is 5.32 Å². The van der Waals surface area contributed by atoms with Gasteiger partial charge in [-0.05, 0) is 50.5 Å². The second-order valence-corrected chi connectivity index (χ2v) is 6.81. The van der Waals surface area contributed by atoms with E-state index in [0.717, 1.165) is 24.7 Å². The minimum Gasteiger partial charge on any atom is -0.478 e. The number of nitrogens with one attached hydrogen (secondary N) is 1. The fraction of sp³-hybridized carbons (Fsp3) is 0.500. The molecule has 0 spiro atoms. The van der Waals surface area contributed by atoms with E-state index in [1.54, 1.807) is 0 Å². The van der Waals surface area contributed by atoms with Crippen molar-refractivity contribution in [3.05, 3.63) is 47.0 Å². The summed E-state index contributed by atoms with van der Waals surface area (Å²) in [4.78, 5) is 21.7. The fourth-order valence-electron chi connectivity index (χ4n) is 2.91. The van der Waals surface area contributed by atoms with Gasteiger partial charge in [-0.15, -0.1) is 0 Å². The number of carbonyl (C=O) groups is 2. The van der Waals surface area contributed by atoms with Crippen LogP contribution in [0, 0.1) is 0 Å². The normalized spacial score (nSPS) is 14.8. The molecule has 1 aromatic rings. The van der Waals surface area contributed by atoms with E-state index in [0.29, 0.717) is 18.2 Å². The van der Waals surface area contributed by atoms with Crippen molar-refractivity contribution in [2.45, 2.75) is 45.2 Å². The Morgan fingerprint density at radius 3 is 2.30 bits per heavy atom. The average molecular weight is 397 g/mol. The van der Waals surface area contributed by atoms with Crippen molar-refractivity contribution in [3.63, 3.8) is 0 Å². The zero-order valence-corrected chi connectivity index (χ0v) is 16.5. The molecule has 0 aliphatic carbocycles. The number of piperidine rings is 1. The first kappa shape index (κ1) is 23.1. The molecule has 1 heterocycles. The maximum Gasteiger partial charge on any atom is 0.328 e. The van der Waals surface area contributed by atoms with Gasteiger partial charge in [0.05, 0.1) is 0 Å². The molecule has 1 aliphatic heterocycles. The van der Waals surface area contributed by atoms with Crippen LogP contribution in [0.3, 0.4) is 0 Å². The molecule has 0 saturated carbocycles. The molecule has 6 nitrogen and oxygen atoms in total. The summed E-state index contributed by atoms with van der Waals surface area (Å²) in [5, 5.41) is 20.0. The van der Waals surface area contributed by atoms with E-state index >= 15 is 0 Å². The van der Waals surface area contributed by atoms with E-state index in [4.69, 9.17) is 21.8 Å². The number of hydrogen-bond acceptors (Lipinski definition) is 4. The first-order valence-corrected chi connectivity index (χ1v) is 9.64. The molecule has 0 amide bonds. The molecule has 150 valence electrons. The smallest absolute Gasteiger partial charge is 0.328 e. The molecule has 1 fully saturated rings. The molecule has 0 bridgehead atoms. The summed E-state index contributed by atoms with van der Waals surface area (Å²) >= 11 is 6.30. The molecule has 3 N–H and O–H groups in total. The van der Waals surface area contributed by atoms with Crippen molar-refractivity contribution in [2.75, 3.05) is 19.6 Å². The molecule has 1 aromatic carbocycles. The van der Waals surface area contributed by atoms with E-state index in [2.05, 4.69) is 29.3 Å². The Morgan fingerprint density at radius 1 is 1.19 bits per heavy atom. The van der Waals surface area contributed by atoms with Gasteiger partial charge >= 0.3 is 11.9 Å². The summed E-state index contributed by atoms with van der Waals surface area (Å²) in [7, 11) is 0. The number of benzene rings is 1. The van der Waals surface area contributed by atoms with Crippen molar-refractivity contribution in [1.29, 1.82) is 0 Å². The van der Waals surface area contributed by atoms with Crippen LogP contribution in [0.4, 0.5) is 0 Å². The molecule has 0 radical (unpaired) electrons. The van der Waals surface area contributed by atoms with Gasteiger partial charge in [-0.1, -0.05) is 43.1 Å². The molecule has 1 aliphatic rings. The van der Waals surface area contributed by atoms with Gasteiger partial charge in [0.1, 0.15) is 0 Å². The number of carboxylic acids is 2. The first-order chi connectivity index (χ1) is 12.9. The fourth-order valence-corrected chi connectivity index (χ4v) is 3.11. The largest absolute Gasteiger partial charge is 0.478 e. The van der Waals surface area contributed by atoms with Crippen LogP contribution in [0.2, 0.25) is 5.02 Å². The summed E-state index contributed by atoms with van der Waals surface area (Å²) in [6, 6.07) is 8.96. The molecule has 0 atom stereocenters. The standard InChI is InChI=1S/C16H25ClN2.C4H4O4/c1-2-3-12-19(15-8-10-18-11-9-15)13-14-6-4-5-7-16(14)17;5-3(6)1-2-4(7)8/h4-7,15,18H,2-3,8-13H2,1H3;1-2H,(H,5,6)(H,7,8). The third kappa shape index (κ3) is 10.1. The second kappa shape index (κ2) is 13.3. The summed E-state index contributed by atoms with van der Waals surface area (Å²) in [5.41, 5.74) is 1.26. The van der Waals surface area contributed by atoms with E-state index in [1.807, 2.05) is 12.1 Å². The van der Waals surface area contributed by atoms with Crippen LogP contribution in [0.25, 0.3) is 0 Å². The molecular formula is C20H29ClN2O4. The highest BCUT2D eigenvalue weighted by Gasteiger charge is 2.21. The lowest BCUT2D eigenvalue weighted by Gasteiger charge is -2.35. The number of unbranched alkanes of at least 4 members (excludes halogenated alkanes) is 1. The van der Waals surface area contributed by atoms with Gasteiger partial charge < -0.3 is 15.5 Å². The zero-order valence-electron chi connectivity index (χ0n) is 15.7. The van der Waals surface area contributed by atoms with Gasteiger partial charge in [0.2, 0.25) is 0 Å². The Hall–Kier alpha value is -1.89. The number of aliphatic carboxylic acids is 2. The van der Waals surface area contributed by atoms with Gasteiger partial charge in [-0.25, -0.2) is 9.59 Å². The number of nitrogens with zero attached hydrogens (tertiary/aromatic N) is 1. The van der Waals surface area contributed by atoms with Gasteiger partial charge in [-0.3, -0.25) is 4.90 Å². The van der Waals surface area contributed by atoms with Gasteiger partial charge in [0, 0.05) is 29.8 Å². The van der Waals surface area contributed by atoms with Crippen LogP contribution in [-0.2, 0) is 16.1 Å². The maximum atomic E-state index is 9.55. The number of halogens is 1. The van der Waals surface area contributed by atoms with Gasteiger partial charge in [0.15, 0.2) is 0 Å². The van der Waals surface area contributed by atoms with Gasteiger partial charge in [0.25, 0.3) is 0 Å². The Morgan fingerprint density at radius 2 is 1.78 bits per heavy atom. The Kier molecular flexibility index (Phi) is 11.4. The highest BCUT2D eigenvalue weighted by atomic mass is 35.5. The first-order valence-electron chi connectivity index (χ1n) is 9.26. The monoisotopic (exact) mass is 396 g/mol. The van der Waals surface area contributed by atoms with E-state index in [-0.39, 0.29) is 0 Å². The summed E-state index contributed by atoms with van der Waals surface area (Å²) < 4.78 is 0. The minimum absolute atomic E-state index is 0.558. The van der Waals surface area contributed by atoms with Crippen molar-refractivity contribution < 1.29 is 19.8 Å². The lowest BCUT2D eigenvalue weighted by molar-refractivity contribution is -0.134. The SMILES string of the molecule is CCCCN(Cc1ccccc1Cl)C1CCNCC1.O=C(O)C=CC(=O)O. The number of hydrogen-bond donors (Lipinski definition) is 3. The Balaban J connectivity index is 0.000000387. The molecule has 0 aromatic heterocycles. The van der Waals surface area contributed by atoms with Crippen molar-refractivity contribution >= 4 is 23.5 Å². The lowest BCUT2D eigenvalue weighted by Crippen LogP contribution is -2.43. The summed E-state index contributed by atoms with van der Waals surface area (Å²) in [6.45, 7) is 6.73. The predicted octanol–water partition coefficient (Wildman–Crippen LogP) is 3.41. The molecule has 27 heavy (non-hydrogen) atoms. The Bertz CT molecular complexity index is 600. The van der Waals surface area contributed by atoms with Crippen LogP contribution in [0.15, 0.2) is 36.4 Å². The van der Waals surface area contributed by atoms with E-state index < -0.39 is 11.9 Å². The predicted molar refractivity (Wildman–Crippen MR) is 107 cm³/mol. The third-order valence-corrected chi connectivity index (χ3v) is 4.69. The highest BCUT2D eigenvalue weighted by molar-refractivity contribution is 6.31. The number of rotatable bonds is 8. The van der Waals surface area contributed by atoms with Crippen LogP contribution >= 0.6 is 11.6 Å². The van der Waals surface area contributed by atoms with Crippen LogP contribution in [0.1, 0.15) is 38.2 Å². The molecular weight excluding hydrogens is 368 g/mol. The topological polar surface area (TPSA) is 89.9 Å².